The largest absolute Gasteiger partial charge is 0.310 e. The van der Waals surface area contributed by atoms with E-state index in [1.54, 1.807) is 0 Å². The maximum atomic E-state index is 7.50. The lowest BCUT2D eigenvalue weighted by atomic mass is 9.99. The van der Waals surface area contributed by atoms with E-state index in [1.165, 1.54) is 16.3 Å². The standard InChI is InChI=1S/C66H46ClN3/c67-52-43-55(68(53-39-37-48(38-40-53)47-21-5-1-6-22-47)62-33-17-13-29-57(62)49-23-7-2-8-24-49)45-56(44-52)69(63-34-18-14-30-58(63)50-25-9-3-10-26-50)54-41-42-59(51-27-11-4-12-28-51)66(46-54)70-64-35-19-15-31-60(64)61-32-16-20-36-65(61)70/h1-46H. The average molecular weight is 917 g/mol. The van der Waals surface area contributed by atoms with Crippen molar-refractivity contribution in [1.29, 1.82) is 0 Å². The number of hydrogen-bond donors (Lipinski definition) is 0. The van der Waals surface area contributed by atoms with Crippen molar-refractivity contribution in [3.05, 3.63) is 284 Å². The van der Waals surface area contributed by atoms with Crippen molar-refractivity contribution in [3.63, 3.8) is 0 Å². The van der Waals surface area contributed by atoms with Crippen LogP contribution in [-0.4, -0.2) is 4.57 Å². The Hall–Kier alpha value is -8.89. The Morgan fingerprint density at radius 2 is 0.657 bits per heavy atom. The van der Waals surface area contributed by atoms with Gasteiger partial charge in [-0.1, -0.05) is 224 Å². The summed E-state index contributed by atoms with van der Waals surface area (Å²) in [5, 5.41) is 3.03. The molecule has 0 amide bonds. The summed E-state index contributed by atoms with van der Waals surface area (Å²) < 4.78 is 2.43. The van der Waals surface area contributed by atoms with Crippen molar-refractivity contribution in [2.75, 3.05) is 9.80 Å². The predicted octanol–water partition coefficient (Wildman–Crippen LogP) is 19.0. The number of nitrogens with zero attached hydrogens (tertiary/aromatic N) is 3. The second kappa shape index (κ2) is 18.7. The van der Waals surface area contributed by atoms with Gasteiger partial charge in [-0.3, -0.25) is 0 Å². The monoisotopic (exact) mass is 915 g/mol. The van der Waals surface area contributed by atoms with Crippen molar-refractivity contribution in [2.45, 2.75) is 0 Å². The van der Waals surface area contributed by atoms with E-state index >= 15 is 0 Å². The molecular formula is C66H46ClN3. The van der Waals surface area contributed by atoms with Crippen molar-refractivity contribution in [3.8, 4) is 50.2 Å². The van der Waals surface area contributed by atoms with Crippen LogP contribution < -0.4 is 9.80 Å². The first-order chi connectivity index (χ1) is 34.7. The Kier molecular flexibility index (Phi) is 11.3. The van der Waals surface area contributed by atoms with Crippen LogP contribution in [0.25, 0.3) is 72.0 Å². The van der Waals surface area contributed by atoms with E-state index in [0.717, 1.165) is 89.8 Å². The lowest BCUT2D eigenvalue weighted by Crippen LogP contribution is -2.15. The minimum absolute atomic E-state index is 0.612. The summed E-state index contributed by atoms with van der Waals surface area (Å²) in [6, 6.07) is 99.5. The van der Waals surface area contributed by atoms with Gasteiger partial charge in [0.1, 0.15) is 0 Å². The minimum atomic E-state index is 0.612. The number of hydrogen-bond acceptors (Lipinski definition) is 2. The SMILES string of the molecule is Clc1cc(N(c2ccc(-c3ccccc3)cc2)c2ccccc2-c2ccccc2)cc(N(c2ccc(-c3ccccc3)c(-n3c4ccccc4c4ccccc43)c2)c2ccccc2-c2ccccc2)c1. The predicted molar refractivity (Wildman–Crippen MR) is 297 cm³/mol. The van der Waals surface area contributed by atoms with Crippen LogP contribution >= 0.6 is 11.6 Å². The zero-order valence-electron chi connectivity index (χ0n) is 38.3. The van der Waals surface area contributed by atoms with Gasteiger partial charge in [0.05, 0.1) is 28.1 Å². The van der Waals surface area contributed by atoms with Gasteiger partial charge in [-0.2, -0.15) is 0 Å². The Morgan fingerprint density at radius 1 is 0.271 bits per heavy atom. The molecule has 3 nitrogen and oxygen atoms in total. The minimum Gasteiger partial charge on any atom is -0.310 e. The normalized spacial score (nSPS) is 11.2. The van der Waals surface area contributed by atoms with Crippen LogP contribution in [-0.2, 0) is 0 Å². The van der Waals surface area contributed by atoms with Gasteiger partial charge in [0, 0.05) is 55.2 Å². The molecule has 0 aliphatic rings. The van der Waals surface area contributed by atoms with Crippen molar-refractivity contribution < 1.29 is 0 Å². The highest BCUT2D eigenvalue weighted by Crippen LogP contribution is 2.48. The van der Waals surface area contributed by atoms with Gasteiger partial charge in [0.2, 0.25) is 0 Å². The van der Waals surface area contributed by atoms with Crippen molar-refractivity contribution in [2.24, 2.45) is 0 Å². The molecule has 0 radical (unpaired) electrons. The number of aromatic nitrogens is 1. The van der Waals surface area contributed by atoms with E-state index in [-0.39, 0.29) is 0 Å². The maximum absolute atomic E-state index is 7.50. The highest BCUT2D eigenvalue weighted by molar-refractivity contribution is 6.31. The molecule has 0 unspecified atom stereocenters. The van der Waals surface area contributed by atoms with Gasteiger partial charge in [0.15, 0.2) is 0 Å². The zero-order chi connectivity index (χ0) is 46.8. The smallest absolute Gasteiger partial charge is 0.0561 e. The number of para-hydroxylation sites is 4. The molecule has 0 bridgehead atoms. The molecule has 11 aromatic carbocycles. The number of fused-ring (bicyclic) bond motifs is 3. The molecule has 0 aliphatic heterocycles. The van der Waals surface area contributed by atoms with E-state index in [1.807, 2.05) is 0 Å². The summed E-state index contributed by atoms with van der Waals surface area (Å²) in [7, 11) is 0. The van der Waals surface area contributed by atoms with Gasteiger partial charge < -0.3 is 14.4 Å². The first-order valence-corrected chi connectivity index (χ1v) is 24.1. The first kappa shape index (κ1) is 42.5. The Labute approximate surface area is 414 Å². The first-order valence-electron chi connectivity index (χ1n) is 23.7. The van der Waals surface area contributed by atoms with Crippen LogP contribution in [0.1, 0.15) is 0 Å². The lowest BCUT2D eigenvalue weighted by Gasteiger charge is -2.32. The Bertz CT molecular complexity index is 3720. The van der Waals surface area contributed by atoms with Gasteiger partial charge in [-0.15, -0.1) is 0 Å². The third kappa shape index (κ3) is 7.98. The molecular weight excluding hydrogens is 870 g/mol. The average Bonchev–Trinajstić information content (AvgIpc) is 3.77. The third-order valence-corrected chi connectivity index (χ3v) is 13.4. The van der Waals surface area contributed by atoms with Crippen molar-refractivity contribution >= 4 is 67.5 Å². The molecule has 0 saturated heterocycles. The van der Waals surface area contributed by atoms with Crippen LogP contribution in [0.5, 0.6) is 0 Å². The lowest BCUT2D eigenvalue weighted by molar-refractivity contribution is 1.17. The summed E-state index contributed by atoms with van der Waals surface area (Å²) in [5.41, 5.74) is 18.3. The van der Waals surface area contributed by atoms with E-state index in [2.05, 4.69) is 293 Å². The molecule has 4 heteroatoms. The second-order valence-electron chi connectivity index (χ2n) is 17.5. The fourth-order valence-electron chi connectivity index (χ4n) is 10.1. The summed E-state index contributed by atoms with van der Waals surface area (Å²) in [6.07, 6.45) is 0. The van der Waals surface area contributed by atoms with E-state index in [9.17, 15) is 0 Å². The summed E-state index contributed by atoms with van der Waals surface area (Å²) in [4.78, 5) is 4.72. The molecule has 70 heavy (non-hydrogen) atoms. The van der Waals surface area contributed by atoms with Crippen LogP contribution in [0.3, 0.4) is 0 Å². The van der Waals surface area contributed by atoms with E-state index in [0.29, 0.717) is 5.02 Å². The highest BCUT2D eigenvalue weighted by Gasteiger charge is 2.25. The number of anilines is 6. The summed E-state index contributed by atoms with van der Waals surface area (Å²) in [6.45, 7) is 0. The van der Waals surface area contributed by atoms with E-state index in [4.69, 9.17) is 11.6 Å². The second-order valence-corrected chi connectivity index (χ2v) is 17.9. The highest BCUT2D eigenvalue weighted by atomic mass is 35.5. The topological polar surface area (TPSA) is 11.4 Å². The Morgan fingerprint density at radius 3 is 1.17 bits per heavy atom. The fourth-order valence-corrected chi connectivity index (χ4v) is 10.3. The zero-order valence-corrected chi connectivity index (χ0v) is 39.0. The Balaban J connectivity index is 1.12. The number of halogens is 1. The summed E-state index contributed by atoms with van der Waals surface area (Å²) >= 11 is 7.50. The molecule has 12 aromatic rings. The van der Waals surface area contributed by atoms with Gasteiger partial charge in [-0.05, 0) is 94.5 Å². The molecule has 332 valence electrons. The number of rotatable bonds is 11. The van der Waals surface area contributed by atoms with E-state index < -0.39 is 0 Å². The molecule has 0 fully saturated rings. The molecule has 0 aliphatic carbocycles. The molecule has 12 rings (SSSR count). The van der Waals surface area contributed by atoms with Crippen molar-refractivity contribution in [1.82, 2.24) is 4.57 Å². The quantitative estimate of drug-likeness (QED) is 0.128. The summed E-state index contributed by atoms with van der Waals surface area (Å²) in [5.74, 6) is 0. The van der Waals surface area contributed by atoms with Gasteiger partial charge in [0.25, 0.3) is 0 Å². The van der Waals surface area contributed by atoms with Crippen LogP contribution in [0.2, 0.25) is 5.02 Å². The third-order valence-electron chi connectivity index (χ3n) is 13.2. The molecule has 0 atom stereocenters. The fraction of sp³-hybridized carbons (Fsp3) is 0. The molecule has 0 saturated carbocycles. The van der Waals surface area contributed by atoms with Crippen LogP contribution in [0.4, 0.5) is 34.1 Å². The van der Waals surface area contributed by atoms with Gasteiger partial charge >= 0.3 is 0 Å². The molecule has 0 spiro atoms. The molecule has 0 N–H and O–H groups in total. The number of benzene rings is 11. The molecule has 1 heterocycles. The van der Waals surface area contributed by atoms with Crippen LogP contribution in [0.15, 0.2) is 279 Å². The maximum Gasteiger partial charge on any atom is 0.0561 e. The van der Waals surface area contributed by atoms with Crippen LogP contribution in [0, 0.1) is 0 Å². The molecule has 1 aromatic heterocycles. The van der Waals surface area contributed by atoms with Gasteiger partial charge in [-0.25, -0.2) is 0 Å².